The molecule has 1 aromatic carbocycles. The van der Waals surface area contributed by atoms with Crippen LogP contribution >= 0.6 is 11.6 Å². The Balaban J connectivity index is 2.43. The Morgan fingerprint density at radius 1 is 1.35 bits per heavy atom. The molecule has 0 aromatic heterocycles. The van der Waals surface area contributed by atoms with Crippen molar-refractivity contribution in [2.24, 2.45) is 0 Å². The molecular formula is C16H23ClO3. The SMILES string of the molecule is CCCC1COC(C)(CCCCl)c2cc(O)c(O)cc21. The number of hydrogen-bond acceptors (Lipinski definition) is 3. The molecule has 3 nitrogen and oxygen atoms in total. The van der Waals surface area contributed by atoms with Crippen LogP contribution in [0.3, 0.4) is 0 Å². The van der Waals surface area contributed by atoms with Gasteiger partial charge >= 0.3 is 0 Å². The molecule has 2 N–H and O–H groups in total. The number of alkyl halides is 1. The van der Waals surface area contributed by atoms with Gasteiger partial charge in [-0.1, -0.05) is 13.3 Å². The lowest BCUT2D eigenvalue weighted by Crippen LogP contribution is -2.35. The number of halogens is 1. The minimum Gasteiger partial charge on any atom is -0.504 e. The van der Waals surface area contributed by atoms with Crippen LogP contribution in [0.5, 0.6) is 11.5 Å². The molecule has 1 aliphatic heterocycles. The number of rotatable bonds is 5. The third kappa shape index (κ3) is 2.89. The fraction of sp³-hybridized carbons (Fsp3) is 0.625. The van der Waals surface area contributed by atoms with Gasteiger partial charge in [0.1, 0.15) is 0 Å². The standard InChI is InChI=1S/C16H23ClO3/c1-3-5-11-10-20-16(2,6-4-7-17)13-9-15(19)14(18)8-12(11)13/h8-9,11,18-19H,3-7,10H2,1-2H3. The maximum absolute atomic E-state index is 9.82. The molecule has 0 aliphatic carbocycles. The summed E-state index contributed by atoms with van der Waals surface area (Å²) in [5.74, 6) is 0.745. The number of hydrogen-bond donors (Lipinski definition) is 2. The van der Waals surface area contributed by atoms with Crippen LogP contribution in [-0.4, -0.2) is 22.7 Å². The molecule has 0 radical (unpaired) electrons. The molecule has 0 saturated heterocycles. The van der Waals surface area contributed by atoms with E-state index in [4.69, 9.17) is 16.3 Å². The van der Waals surface area contributed by atoms with Crippen molar-refractivity contribution in [1.29, 1.82) is 0 Å². The summed E-state index contributed by atoms with van der Waals surface area (Å²) in [6.45, 7) is 4.84. The largest absolute Gasteiger partial charge is 0.504 e. The maximum atomic E-state index is 9.82. The Labute approximate surface area is 125 Å². The third-order valence-electron chi connectivity index (χ3n) is 4.18. The first-order chi connectivity index (χ1) is 9.51. The number of benzene rings is 1. The van der Waals surface area contributed by atoms with Gasteiger partial charge in [0.2, 0.25) is 0 Å². The lowest BCUT2D eigenvalue weighted by molar-refractivity contribution is -0.0638. The fourth-order valence-corrected chi connectivity index (χ4v) is 3.17. The number of phenols is 2. The predicted octanol–water partition coefficient (Wildman–Crippen LogP) is 4.25. The summed E-state index contributed by atoms with van der Waals surface area (Å²) in [7, 11) is 0. The highest BCUT2D eigenvalue weighted by atomic mass is 35.5. The van der Waals surface area contributed by atoms with E-state index >= 15 is 0 Å². The van der Waals surface area contributed by atoms with Crippen LogP contribution < -0.4 is 0 Å². The molecular weight excluding hydrogens is 276 g/mol. The molecule has 0 bridgehead atoms. The monoisotopic (exact) mass is 298 g/mol. The van der Waals surface area contributed by atoms with E-state index in [1.807, 2.05) is 6.92 Å². The third-order valence-corrected chi connectivity index (χ3v) is 4.45. The molecule has 1 aromatic rings. The van der Waals surface area contributed by atoms with Crippen LogP contribution in [0.15, 0.2) is 12.1 Å². The van der Waals surface area contributed by atoms with E-state index in [2.05, 4.69) is 6.92 Å². The molecule has 2 unspecified atom stereocenters. The first kappa shape index (κ1) is 15.5. The van der Waals surface area contributed by atoms with Crippen LogP contribution in [0.25, 0.3) is 0 Å². The van der Waals surface area contributed by atoms with E-state index in [0.717, 1.165) is 36.8 Å². The van der Waals surface area contributed by atoms with Crippen molar-refractivity contribution in [2.75, 3.05) is 12.5 Å². The van der Waals surface area contributed by atoms with Crippen LogP contribution in [0, 0.1) is 0 Å². The highest BCUT2D eigenvalue weighted by molar-refractivity contribution is 6.17. The topological polar surface area (TPSA) is 49.7 Å². The second-order valence-electron chi connectivity index (χ2n) is 5.75. The summed E-state index contributed by atoms with van der Waals surface area (Å²) >= 11 is 5.80. The summed E-state index contributed by atoms with van der Waals surface area (Å²) in [5.41, 5.74) is 1.66. The average molecular weight is 299 g/mol. The molecule has 1 heterocycles. The Morgan fingerprint density at radius 2 is 2.05 bits per heavy atom. The van der Waals surface area contributed by atoms with E-state index in [0.29, 0.717) is 12.5 Å². The molecule has 4 heteroatoms. The molecule has 20 heavy (non-hydrogen) atoms. The number of ether oxygens (including phenoxy) is 1. The van der Waals surface area contributed by atoms with Gasteiger partial charge in [0.15, 0.2) is 11.5 Å². The lowest BCUT2D eigenvalue weighted by atomic mass is 9.79. The zero-order chi connectivity index (χ0) is 14.8. The zero-order valence-electron chi connectivity index (χ0n) is 12.2. The lowest BCUT2D eigenvalue weighted by Gasteiger charge is -2.40. The summed E-state index contributed by atoms with van der Waals surface area (Å²) in [5, 5.41) is 19.6. The van der Waals surface area contributed by atoms with E-state index in [-0.39, 0.29) is 17.4 Å². The van der Waals surface area contributed by atoms with E-state index in [9.17, 15) is 10.2 Å². The molecule has 1 aliphatic rings. The summed E-state index contributed by atoms with van der Waals surface area (Å²) in [6.07, 6.45) is 3.75. The smallest absolute Gasteiger partial charge is 0.157 e. The highest BCUT2D eigenvalue weighted by Crippen LogP contribution is 2.46. The van der Waals surface area contributed by atoms with Crippen molar-refractivity contribution in [3.05, 3.63) is 23.3 Å². The van der Waals surface area contributed by atoms with Gasteiger partial charge in [0, 0.05) is 11.8 Å². The summed E-state index contributed by atoms with van der Waals surface area (Å²) in [4.78, 5) is 0. The van der Waals surface area contributed by atoms with Crippen molar-refractivity contribution in [3.63, 3.8) is 0 Å². The van der Waals surface area contributed by atoms with E-state index in [1.165, 1.54) is 0 Å². The quantitative estimate of drug-likeness (QED) is 0.631. The Bertz CT molecular complexity index is 475. The molecule has 0 fully saturated rings. The van der Waals surface area contributed by atoms with Gasteiger partial charge in [-0.05, 0) is 49.4 Å². The van der Waals surface area contributed by atoms with Gasteiger partial charge in [0.05, 0.1) is 12.2 Å². The van der Waals surface area contributed by atoms with Gasteiger partial charge in [-0.15, -0.1) is 11.6 Å². The molecule has 0 saturated carbocycles. The van der Waals surface area contributed by atoms with Crippen LogP contribution in [0.2, 0.25) is 0 Å². The van der Waals surface area contributed by atoms with E-state index < -0.39 is 5.60 Å². The Morgan fingerprint density at radius 3 is 2.70 bits per heavy atom. The molecule has 2 atom stereocenters. The molecule has 112 valence electrons. The minimum absolute atomic E-state index is 0.0496. The van der Waals surface area contributed by atoms with Crippen LogP contribution in [0.1, 0.15) is 56.6 Å². The molecule has 0 spiro atoms. The number of phenolic OH excluding ortho intramolecular Hbond substituents is 2. The first-order valence-corrected chi connectivity index (χ1v) is 7.81. The average Bonchev–Trinajstić information content (AvgIpc) is 2.43. The number of aromatic hydroxyl groups is 2. The zero-order valence-corrected chi connectivity index (χ0v) is 12.9. The molecule has 0 amide bonds. The summed E-state index contributed by atoms with van der Waals surface area (Å²) < 4.78 is 6.10. The van der Waals surface area contributed by atoms with Gasteiger partial charge in [-0.25, -0.2) is 0 Å². The number of fused-ring (bicyclic) bond motifs is 1. The second-order valence-corrected chi connectivity index (χ2v) is 6.13. The van der Waals surface area contributed by atoms with Crippen molar-refractivity contribution >= 4 is 11.6 Å². The normalized spacial score (nSPS) is 25.4. The van der Waals surface area contributed by atoms with Crippen molar-refractivity contribution < 1.29 is 14.9 Å². The van der Waals surface area contributed by atoms with Gasteiger partial charge in [-0.2, -0.15) is 0 Å². The van der Waals surface area contributed by atoms with Crippen molar-refractivity contribution in [1.82, 2.24) is 0 Å². The Hall–Kier alpha value is -0.930. The maximum Gasteiger partial charge on any atom is 0.157 e. The van der Waals surface area contributed by atoms with Gasteiger partial charge < -0.3 is 14.9 Å². The summed E-state index contributed by atoms with van der Waals surface area (Å²) in [6, 6.07) is 3.35. The Kier molecular flexibility index (Phi) is 4.82. The fourth-order valence-electron chi connectivity index (χ4n) is 3.04. The minimum atomic E-state index is -0.431. The first-order valence-electron chi connectivity index (χ1n) is 7.28. The highest BCUT2D eigenvalue weighted by Gasteiger charge is 2.37. The van der Waals surface area contributed by atoms with E-state index in [1.54, 1.807) is 12.1 Å². The van der Waals surface area contributed by atoms with Crippen LogP contribution in [0.4, 0.5) is 0 Å². The molecule has 2 rings (SSSR count). The van der Waals surface area contributed by atoms with Crippen molar-refractivity contribution in [3.8, 4) is 11.5 Å². The van der Waals surface area contributed by atoms with Crippen molar-refractivity contribution in [2.45, 2.75) is 51.0 Å². The predicted molar refractivity (Wildman–Crippen MR) is 80.7 cm³/mol. The van der Waals surface area contributed by atoms with Gasteiger partial charge in [0.25, 0.3) is 0 Å². The van der Waals surface area contributed by atoms with Gasteiger partial charge in [-0.3, -0.25) is 0 Å². The van der Waals surface area contributed by atoms with Crippen LogP contribution in [-0.2, 0) is 10.3 Å². The second kappa shape index (κ2) is 6.23.